The number of anilines is 1. The Labute approximate surface area is 291 Å². The molecule has 1 unspecified atom stereocenters. The number of nitrogens with one attached hydrogen (secondary N) is 2. The van der Waals surface area contributed by atoms with Crippen LogP contribution in [0.3, 0.4) is 0 Å². The van der Waals surface area contributed by atoms with Gasteiger partial charge in [-0.05, 0) is 83.3 Å². The number of aliphatic hydroxyl groups is 1. The molecule has 1 fully saturated rings. The summed E-state index contributed by atoms with van der Waals surface area (Å²) in [5.41, 5.74) is 13.3. The first-order chi connectivity index (χ1) is 24.0. The molecule has 0 aliphatic carbocycles. The van der Waals surface area contributed by atoms with Crippen LogP contribution in [0.15, 0.2) is 70.5 Å². The minimum absolute atomic E-state index is 0.0131. The minimum Gasteiger partial charge on any atom is -0.497 e. The zero-order chi connectivity index (χ0) is 35.9. The standard InChI is InChI=1S/C32H43N9O7S2/c1-47-26-7-3-23(4-8-26)19-35-50(45,46)31-29(49(43,44)36-20-25(42)18-34)12-11-28(40-15-13-22(17-33)14-16-40)30(31)32-37-38-39-41(32)21-24-5-9-27(48-2)10-6-24/h3-12,22,25,35-36,42H,13-21,33-34H2,1-2H3. The van der Waals surface area contributed by atoms with Gasteiger partial charge in [-0.3, -0.25) is 0 Å². The van der Waals surface area contributed by atoms with E-state index in [4.69, 9.17) is 20.9 Å². The van der Waals surface area contributed by atoms with E-state index in [1.165, 1.54) is 17.9 Å². The number of methoxy groups -OCH3 is 2. The van der Waals surface area contributed by atoms with Crippen LogP contribution in [0.5, 0.6) is 11.5 Å². The molecule has 18 heteroatoms. The van der Waals surface area contributed by atoms with Gasteiger partial charge in [-0.2, -0.15) is 0 Å². The van der Waals surface area contributed by atoms with Crippen molar-refractivity contribution in [2.75, 3.05) is 51.8 Å². The lowest BCUT2D eigenvalue weighted by atomic mass is 9.96. The van der Waals surface area contributed by atoms with Gasteiger partial charge in [-0.15, -0.1) is 5.10 Å². The topological polar surface area (TPSA) is 230 Å². The number of nitrogens with zero attached hydrogens (tertiary/aromatic N) is 5. The number of hydrogen-bond acceptors (Lipinski definition) is 13. The molecule has 50 heavy (non-hydrogen) atoms. The lowest BCUT2D eigenvalue weighted by Gasteiger charge is -2.35. The van der Waals surface area contributed by atoms with Crippen LogP contribution in [-0.2, 0) is 33.1 Å². The fourth-order valence-corrected chi connectivity index (χ4v) is 8.79. The monoisotopic (exact) mass is 729 g/mol. The van der Waals surface area contributed by atoms with Gasteiger partial charge in [0.2, 0.25) is 20.0 Å². The molecule has 0 saturated carbocycles. The third-order valence-electron chi connectivity index (χ3n) is 8.60. The Hall–Kier alpha value is -4.17. The van der Waals surface area contributed by atoms with Crippen LogP contribution >= 0.6 is 0 Å². The van der Waals surface area contributed by atoms with Gasteiger partial charge in [0.1, 0.15) is 21.3 Å². The number of aromatic nitrogens is 4. The molecule has 1 aliphatic heterocycles. The van der Waals surface area contributed by atoms with Crippen LogP contribution in [0.25, 0.3) is 11.4 Å². The van der Waals surface area contributed by atoms with Gasteiger partial charge in [-0.1, -0.05) is 24.3 Å². The summed E-state index contributed by atoms with van der Waals surface area (Å²) in [6.07, 6.45) is 0.309. The summed E-state index contributed by atoms with van der Waals surface area (Å²) in [4.78, 5) is 0.918. The van der Waals surface area contributed by atoms with E-state index in [2.05, 4.69) is 25.0 Å². The highest BCUT2D eigenvalue weighted by molar-refractivity contribution is 7.92. The molecule has 0 spiro atoms. The predicted octanol–water partition coefficient (Wildman–Crippen LogP) is 0.657. The first-order valence-corrected chi connectivity index (χ1v) is 19.0. The Bertz CT molecular complexity index is 1950. The fourth-order valence-electron chi connectivity index (χ4n) is 5.68. The lowest BCUT2D eigenvalue weighted by Crippen LogP contribution is -2.38. The Morgan fingerprint density at radius 3 is 2.08 bits per heavy atom. The van der Waals surface area contributed by atoms with Gasteiger partial charge < -0.3 is 30.9 Å². The number of benzene rings is 3. The number of aliphatic hydroxyl groups excluding tert-OH is 1. The number of rotatable bonds is 16. The quantitative estimate of drug-likeness (QED) is 0.107. The van der Waals surface area contributed by atoms with Crippen molar-refractivity contribution in [1.82, 2.24) is 29.7 Å². The average molecular weight is 730 g/mol. The molecule has 1 saturated heterocycles. The van der Waals surface area contributed by atoms with Gasteiger partial charge in [0.15, 0.2) is 5.82 Å². The Kier molecular flexibility index (Phi) is 12.0. The number of hydrogen-bond donors (Lipinski definition) is 5. The van der Waals surface area contributed by atoms with Gasteiger partial charge >= 0.3 is 0 Å². The van der Waals surface area contributed by atoms with E-state index >= 15 is 0 Å². The Morgan fingerprint density at radius 2 is 1.50 bits per heavy atom. The largest absolute Gasteiger partial charge is 0.497 e. The number of piperidine rings is 1. The number of nitrogens with two attached hydrogens (primary N) is 2. The molecule has 0 amide bonds. The average Bonchev–Trinajstić information content (AvgIpc) is 3.60. The molecule has 5 rings (SSSR count). The second-order valence-corrected chi connectivity index (χ2v) is 15.3. The van der Waals surface area contributed by atoms with Crippen molar-refractivity contribution in [2.45, 2.75) is 41.8 Å². The highest BCUT2D eigenvalue weighted by Gasteiger charge is 2.36. The fraction of sp³-hybridized carbons (Fsp3) is 0.406. The van der Waals surface area contributed by atoms with Crippen LogP contribution in [0.1, 0.15) is 24.0 Å². The van der Waals surface area contributed by atoms with Gasteiger partial charge in [-0.25, -0.2) is 31.0 Å². The molecular formula is C32H43N9O7S2. The third kappa shape index (κ3) is 8.58. The Morgan fingerprint density at radius 1 is 0.880 bits per heavy atom. The molecule has 0 bridgehead atoms. The molecule has 1 atom stereocenters. The summed E-state index contributed by atoms with van der Waals surface area (Å²) < 4.78 is 73.8. The molecular weight excluding hydrogens is 687 g/mol. The second-order valence-electron chi connectivity index (χ2n) is 11.9. The van der Waals surface area contributed by atoms with Crippen molar-refractivity contribution in [1.29, 1.82) is 0 Å². The third-order valence-corrected chi connectivity index (χ3v) is 11.7. The van der Waals surface area contributed by atoms with Crippen LogP contribution < -0.4 is 35.3 Å². The molecule has 16 nitrogen and oxygen atoms in total. The number of tetrazole rings is 1. The molecule has 1 aliphatic rings. The lowest BCUT2D eigenvalue weighted by molar-refractivity contribution is 0.186. The van der Waals surface area contributed by atoms with Crippen LogP contribution in [0.4, 0.5) is 5.69 Å². The molecule has 2 heterocycles. The highest BCUT2D eigenvalue weighted by Crippen LogP contribution is 2.41. The van der Waals surface area contributed by atoms with E-state index in [-0.39, 0.29) is 31.0 Å². The van der Waals surface area contributed by atoms with Crippen molar-refractivity contribution < 1.29 is 31.4 Å². The molecule has 7 N–H and O–H groups in total. The predicted molar refractivity (Wildman–Crippen MR) is 187 cm³/mol. The van der Waals surface area contributed by atoms with Crippen molar-refractivity contribution in [3.63, 3.8) is 0 Å². The van der Waals surface area contributed by atoms with Gasteiger partial charge in [0, 0.05) is 38.4 Å². The van der Waals surface area contributed by atoms with E-state index in [1.54, 1.807) is 49.6 Å². The van der Waals surface area contributed by atoms with E-state index in [0.717, 1.165) is 18.4 Å². The molecule has 4 aromatic rings. The van der Waals surface area contributed by atoms with Crippen LogP contribution in [0.2, 0.25) is 0 Å². The number of ether oxygens (including phenoxy) is 2. The van der Waals surface area contributed by atoms with Crippen molar-refractivity contribution in [2.24, 2.45) is 17.4 Å². The second kappa shape index (κ2) is 16.2. The summed E-state index contributed by atoms with van der Waals surface area (Å²) in [6.45, 7) is 0.941. The van der Waals surface area contributed by atoms with Crippen molar-refractivity contribution >= 4 is 25.7 Å². The van der Waals surface area contributed by atoms with Crippen LogP contribution in [0, 0.1) is 5.92 Å². The molecule has 1 aromatic heterocycles. The summed E-state index contributed by atoms with van der Waals surface area (Å²) in [7, 11) is -6.09. The summed E-state index contributed by atoms with van der Waals surface area (Å²) in [6, 6.07) is 16.8. The highest BCUT2D eigenvalue weighted by atomic mass is 32.2. The minimum atomic E-state index is -4.62. The van der Waals surface area contributed by atoms with E-state index in [0.29, 0.717) is 48.3 Å². The Balaban J connectivity index is 1.70. The smallest absolute Gasteiger partial charge is 0.243 e. The summed E-state index contributed by atoms with van der Waals surface area (Å²) >= 11 is 0. The molecule has 3 aromatic carbocycles. The molecule has 270 valence electrons. The summed E-state index contributed by atoms with van der Waals surface area (Å²) in [5, 5.41) is 22.4. The first kappa shape index (κ1) is 37.1. The normalized spacial score (nSPS) is 14.9. The zero-order valence-corrected chi connectivity index (χ0v) is 29.5. The maximum atomic E-state index is 14.6. The van der Waals surface area contributed by atoms with Gasteiger partial charge in [0.05, 0.1) is 32.4 Å². The van der Waals surface area contributed by atoms with Crippen molar-refractivity contribution in [3.05, 3.63) is 71.8 Å². The molecule has 0 radical (unpaired) electrons. The maximum Gasteiger partial charge on any atom is 0.243 e. The van der Waals surface area contributed by atoms with E-state index in [1.807, 2.05) is 17.0 Å². The van der Waals surface area contributed by atoms with E-state index < -0.39 is 42.5 Å². The van der Waals surface area contributed by atoms with Crippen LogP contribution in [-0.4, -0.2) is 95.2 Å². The van der Waals surface area contributed by atoms with E-state index in [9.17, 15) is 21.9 Å². The number of sulfonamides is 2. The SMILES string of the molecule is COc1ccc(CNS(=O)(=O)c2c(S(=O)(=O)NCC(O)CN)ccc(N3CCC(CN)CC3)c2-c2nnnn2Cc2ccc(OC)cc2)cc1. The zero-order valence-electron chi connectivity index (χ0n) is 27.9. The summed E-state index contributed by atoms with van der Waals surface area (Å²) in [5.74, 6) is 1.58. The maximum absolute atomic E-state index is 14.6. The van der Waals surface area contributed by atoms with Crippen molar-refractivity contribution in [3.8, 4) is 22.9 Å². The van der Waals surface area contributed by atoms with Gasteiger partial charge in [0.25, 0.3) is 0 Å². The first-order valence-electron chi connectivity index (χ1n) is 16.0.